The molecule has 1 saturated heterocycles. The Labute approximate surface area is 164 Å². The number of hydrogen-bond acceptors (Lipinski definition) is 2. The van der Waals surface area contributed by atoms with Gasteiger partial charge in [-0.25, -0.2) is 0 Å². The Hall–Kier alpha value is -1.55. The van der Waals surface area contributed by atoms with Gasteiger partial charge in [-0.3, -0.25) is 9.69 Å². The highest BCUT2D eigenvalue weighted by Gasteiger charge is 2.30. The molecule has 5 heteroatoms. The zero-order valence-electron chi connectivity index (χ0n) is 15.0. The van der Waals surface area contributed by atoms with Crippen molar-refractivity contribution in [2.75, 3.05) is 13.1 Å². The van der Waals surface area contributed by atoms with Crippen LogP contribution < -0.4 is 0 Å². The second-order valence-corrected chi connectivity index (χ2v) is 7.96. The van der Waals surface area contributed by atoms with Crippen LogP contribution >= 0.6 is 23.2 Å². The molecule has 3 nitrogen and oxygen atoms in total. The summed E-state index contributed by atoms with van der Waals surface area (Å²) in [4.78, 5) is 13.6. The summed E-state index contributed by atoms with van der Waals surface area (Å²) in [5.41, 5.74) is 4.71. The van der Waals surface area contributed by atoms with E-state index < -0.39 is 5.97 Å². The molecule has 0 radical (unpaired) electrons. The summed E-state index contributed by atoms with van der Waals surface area (Å²) >= 11 is 12.4. The van der Waals surface area contributed by atoms with Crippen molar-refractivity contribution in [2.45, 2.75) is 32.7 Å². The van der Waals surface area contributed by atoms with E-state index >= 15 is 0 Å². The third kappa shape index (κ3) is 4.22. The van der Waals surface area contributed by atoms with Crippen LogP contribution in [0, 0.1) is 19.8 Å². The number of carboxylic acid groups (broad SMARTS) is 1. The van der Waals surface area contributed by atoms with Crippen LogP contribution in [0.15, 0.2) is 36.4 Å². The van der Waals surface area contributed by atoms with Crippen LogP contribution in [0.3, 0.4) is 0 Å². The van der Waals surface area contributed by atoms with E-state index in [2.05, 4.69) is 36.9 Å². The van der Waals surface area contributed by atoms with Gasteiger partial charge in [-0.2, -0.15) is 0 Å². The van der Waals surface area contributed by atoms with Gasteiger partial charge in [0.1, 0.15) is 0 Å². The summed E-state index contributed by atoms with van der Waals surface area (Å²) in [5, 5.41) is 10.4. The third-order valence-electron chi connectivity index (χ3n) is 5.06. The van der Waals surface area contributed by atoms with Crippen molar-refractivity contribution in [1.82, 2.24) is 4.90 Å². The van der Waals surface area contributed by atoms with Crippen molar-refractivity contribution in [3.8, 4) is 0 Å². The Morgan fingerprint density at radius 1 is 1.00 bits per heavy atom. The zero-order valence-corrected chi connectivity index (χ0v) is 16.5. The number of rotatable bonds is 4. The Morgan fingerprint density at radius 3 is 2.15 bits per heavy atom. The molecule has 1 fully saturated rings. The lowest BCUT2D eigenvalue weighted by atomic mass is 9.90. The Bertz CT molecular complexity index is 793. The van der Waals surface area contributed by atoms with Gasteiger partial charge in [0.2, 0.25) is 0 Å². The Balaban J connectivity index is 1.99. The standard InChI is InChI=1S/C21H23Cl2NO2/c1-13-9-14(2)11-17(10-13)20(16-3-4-18(22)19(23)12-16)24-7-5-15(6-8-24)21(25)26/h3-4,9-12,15,20H,5-8H2,1-2H3,(H,25,26). The number of aryl methyl sites for hydroxylation is 2. The number of aliphatic carboxylic acids is 1. The molecule has 0 aromatic heterocycles. The molecule has 2 aromatic rings. The molecule has 0 saturated carbocycles. The number of benzene rings is 2. The van der Waals surface area contributed by atoms with Crippen LogP contribution in [0.4, 0.5) is 0 Å². The quantitative estimate of drug-likeness (QED) is 0.747. The molecule has 26 heavy (non-hydrogen) atoms. The number of halogens is 2. The highest BCUT2D eigenvalue weighted by Crippen LogP contribution is 2.36. The summed E-state index contributed by atoms with van der Waals surface area (Å²) in [6.07, 6.45) is 1.33. The van der Waals surface area contributed by atoms with E-state index in [9.17, 15) is 9.90 Å². The smallest absolute Gasteiger partial charge is 0.306 e. The molecule has 1 aliphatic heterocycles. The predicted octanol–water partition coefficient (Wildman–Crippen LogP) is 5.50. The minimum atomic E-state index is -0.692. The molecular weight excluding hydrogens is 369 g/mol. The fourth-order valence-electron chi connectivity index (χ4n) is 3.87. The van der Waals surface area contributed by atoms with E-state index in [1.807, 2.05) is 18.2 Å². The van der Waals surface area contributed by atoms with Crippen LogP contribution in [-0.4, -0.2) is 29.1 Å². The maximum absolute atomic E-state index is 11.3. The normalized spacial score (nSPS) is 17.2. The number of hydrogen-bond donors (Lipinski definition) is 1. The zero-order chi connectivity index (χ0) is 18.8. The van der Waals surface area contributed by atoms with Crippen molar-refractivity contribution in [3.63, 3.8) is 0 Å². The van der Waals surface area contributed by atoms with Crippen molar-refractivity contribution < 1.29 is 9.90 Å². The third-order valence-corrected chi connectivity index (χ3v) is 5.80. The van der Waals surface area contributed by atoms with Gasteiger partial charge in [-0.05, 0) is 63.0 Å². The fraction of sp³-hybridized carbons (Fsp3) is 0.381. The number of nitrogens with zero attached hydrogens (tertiary/aromatic N) is 1. The van der Waals surface area contributed by atoms with Crippen LogP contribution in [0.2, 0.25) is 10.0 Å². The largest absolute Gasteiger partial charge is 0.481 e. The molecule has 2 aromatic carbocycles. The summed E-state index contributed by atoms with van der Waals surface area (Å²) in [7, 11) is 0. The lowest BCUT2D eigenvalue weighted by Gasteiger charge is -2.37. The highest BCUT2D eigenvalue weighted by atomic mass is 35.5. The summed E-state index contributed by atoms with van der Waals surface area (Å²) in [5.74, 6) is -0.943. The van der Waals surface area contributed by atoms with E-state index in [-0.39, 0.29) is 12.0 Å². The van der Waals surface area contributed by atoms with Gasteiger partial charge >= 0.3 is 5.97 Å². The van der Waals surface area contributed by atoms with Crippen LogP contribution in [-0.2, 0) is 4.79 Å². The molecule has 0 aliphatic carbocycles. The van der Waals surface area contributed by atoms with Crippen molar-refractivity contribution in [1.29, 1.82) is 0 Å². The van der Waals surface area contributed by atoms with Crippen molar-refractivity contribution in [3.05, 3.63) is 68.7 Å². The molecule has 0 bridgehead atoms. The van der Waals surface area contributed by atoms with Gasteiger partial charge in [-0.15, -0.1) is 0 Å². The first-order valence-electron chi connectivity index (χ1n) is 8.85. The summed E-state index contributed by atoms with van der Waals surface area (Å²) in [6, 6.07) is 12.4. The van der Waals surface area contributed by atoms with Crippen LogP contribution in [0.1, 0.15) is 41.1 Å². The summed E-state index contributed by atoms with van der Waals surface area (Å²) < 4.78 is 0. The van der Waals surface area contributed by atoms with Crippen LogP contribution in [0.5, 0.6) is 0 Å². The minimum Gasteiger partial charge on any atom is -0.481 e. The number of carboxylic acids is 1. The summed E-state index contributed by atoms with van der Waals surface area (Å²) in [6.45, 7) is 5.68. The molecule has 1 heterocycles. The molecule has 138 valence electrons. The fourth-order valence-corrected chi connectivity index (χ4v) is 4.18. The second-order valence-electron chi connectivity index (χ2n) is 7.15. The van der Waals surface area contributed by atoms with Crippen molar-refractivity contribution >= 4 is 29.2 Å². The highest BCUT2D eigenvalue weighted by molar-refractivity contribution is 6.42. The second kappa shape index (κ2) is 7.99. The van der Waals surface area contributed by atoms with E-state index in [0.717, 1.165) is 18.7 Å². The average Bonchev–Trinajstić information content (AvgIpc) is 2.58. The SMILES string of the molecule is Cc1cc(C)cc(C(c2ccc(Cl)c(Cl)c2)N2CCC(C(=O)O)CC2)c1. The maximum atomic E-state index is 11.3. The van der Waals surface area contributed by atoms with E-state index in [0.29, 0.717) is 22.9 Å². The lowest BCUT2D eigenvalue weighted by Crippen LogP contribution is -2.39. The van der Waals surface area contributed by atoms with E-state index in [4.69, 9.17) is 23.2 Å². The predicted molar refractivity (Wildman–Crippen MR) is 106 cm³/mol. The van der Waals surface area contributed by atoms with E-state index in [1.54, 1.807) is 0 Å². The molecule has 0 spiro atoms. The van der Waals surface area contributed by atoms with E-state index in [1.165, 1.54) is 16.7 Å². The first-order chi connectivity index (χ1) is 12.3. The molecule has 1 atom stereocenters. The number of likely N-dealkylation sites (tertiary alicyclic amines) is 1. The van der Waals surface area contributed by atoms with Gasteiger partial charge in [0.05, 0.1) is 22.0 Å². The average molecular weight is 392 g/mol. The van der Waals surface area contributed by atoms with Gasteiger partial charge in [0.15, 0.2) is 0 Å². The van der Waals surface area contributed by atoms with Gasteiger partial charge in [0, 0.05) is 0 Å². The van der Waals surface area contributed by atoms with Gasteiger partial charge in [0.25, 0.3) is 0 Å². The Morgan fingerprint density at radius 2 is 1.62 bits per heavy atom. The monoisotopic (exact) mass is 391 g/mol. The van der Waals surface area contributed by atoms with Gasteiger partial charge in [-0.1, -0.05) is 58.6 Å². The molecule has 1 unspecified atom stereocenters. The van der Waals surface area contributed by atoms with Crippen LogP contribution in [0.25, 0.3) is 0 Å². The molecule has 1 N–H and O–H groups in total. The first-order valence-corrected chi connectivity index (χ1v) is 9.60. The number of piperidine rings is 1. The first kappa shape index (κ1) is 19.2. The molecule has 1 aliphatic rings. The molecular formula is C21H23Cl2NO2. The topological polar surface area (TPSA) is 40.5 Å². The minimum absolute atomic E-state index is 0.0399. The Kier molecular flexibility index (Phi) is 5.91. The maximum Gasteiger partial charge on any atom is 0.306 e. The number of carbonyl (C=O) groups is 1. The van der Waals surface area contributed by atoms with Gasteiger partial charge < -0.3 is 5.11 Å². The molecule has 0 amide bonds. The lowest BCUT2D eigenvalue weighted by molar-refractivity contribution is -0.143. The van der Waals surface area contributed by atoms with Crippen molar-refractivity contribution in [2.24, 2.45) is 5.92 Å². The molecule has 3 rings (SSSR count).